The highest BCUT2D eigenvalue weighted by atomic mass is 16.5. The van der Waals surface area contributed by atoms with Crippen molar-refractivity contribution in [3.63, 3.8) is 0 Å². The summed E-state index contributed by atoms with van der Waals surface area (Å²) < 4.78 is 7.15. The van der Waals surface area contributed by atoms with Gasteiger partial charge in [0.15, 0.2) is 6.10 Å². The third-order valence-electron chi connectivity index (χ3n) is 4.38. The summed E-state index contributed by atoms with van der Waals surface area (Å²) >= 11 is 0. The Morgan fingerprint density at radius 3 is 2.62 bits per heavy atom. The van der Waals surface area contributed by atoms with Gasteiger partial charge in [-0.1, -0.05) is 6.07 Å². The fourth-order valence-electron chi connectivity index (χ4n) is 2.91. The summed E-state index contributed by atoms with van der Waals surface area (Å²) in [5.74, 6) is 0.957. The smallest absolute Gasteiger partial charge is 0.266 e. The van der Waals surface area contributed by atoms with Gasteiger partial charge in [-0.25, -0.2) is 4.68 Å². The van der Waals surface area contributed by atoms with E-state index in [2.05, 4.69) is 16.5 Å². The van der Waals surface area contributed by atoms with Gasteiger partial charge in [0.2, 0.25) is 0 Å². The van der Waals surface area contributed by atoms with Crippen LogP contribution >= 0.6 is 0 Å². The molecule has 26 heavy (non-hydrogen) atoms. The zero-order chi connectivity index (χ0) is 18.7. The van der Waals surface area contributed by atoms with Crippen LogP contribution < -0.4 is 15.6 Å². The molecule has 3 rings (SSSR count). The quantitative estimate of drug-likeness (QED) is 0.827. The topological polar surface area (TPSA) is 73.2 Å². The Bertz CT molecular complexity index is 835. The molecule has 1 aromatic heterocycles. The number of aryl methyl sites for hydroxylation is 2. The number of benzene rings is 1. The van der Waals surface area contributed by atoms with Crippen molar-refractivity contribution in [3.05, 3.63) is 57.5 Å². The maximum absolute atomic E-state index is 12.2. The number of hydrogen-bond acceptors (Lipinski definition) is 4. The maximum Gasteiger partial charge on any atom is 0.266 e. The molecule has 0 radical (unpaired) electrons. The second kappa shape index (κ2) is 7.72. The molecular weight excluding hydrogens is 330 g/mol. The van der Waals surface area contributed by atoms with Crippen LogP contribution in [0.25, 0.3) is 0 Å². The van der Waals surface area contributed by atoms with Crippen molar-refractivity contribution in [1.82, 2.24) is 15.1 Å². The molecule has 2 aromatic rings. The standard InChI is InChI=1S/C20H25N3O3/c1-13-10-14(2)12-17(11-13)26-15(3)20(25)21-8-9-23-19(24)7-6-18(22-23)16-4-5-16/h6-7,10-12,15-16H,4-5,8-9H2,1-3H3,(H,21,25). The highest BCUT2D eigenvalue weighted by Crippen LogP contribution is 2.38. The first-order valence-electron chi connectivity index (χ1n) is 9.03. The van der Waals surface area contributed by atoms with Crippen LogP contribution in [0.3, 0.4) is 0 Å². The molecule has 1 N–H and O–H groups in total. The number of ether oxygens (including phenoxy) is 1. The minimum absolute atomic E-state index is 0.150. The van der Waals surface area contributed by atoms with E-state index in [0.717, 1.165) is 29.7 Å². The molecule has 1 amide bonds. The molecule has 1 fully saturated rings. The monoisotopic (exact) mass is 355 g/mol. The molecular formula is C20H25N3O3. The number of amides is 1. The van der Waals surface area contributed by atoms with E-state index in [9.17, 15) is 9.59 Å². The van der Waals surface area contributed by atoms with Crippen LogP contribution in [-0.2, 0) is 11.3 Å². The van der Waals surface area contributed by atoms with Crippen molar-refractivity contribution in [2.24, 2.45) is 0 Å². The fraction of sp³-hybridized carbons (Fsp3) is 0.450. The van der Waals surface area contributed by atoms with Gasteiger partial charge in [0.05, 0.1) is 12.2 Å². The Hall–Kier alpha value is -2.63. The molecule has 1 aliphatic rings. The summed E-state index contributed by atoms with van der Waals surface area (Å²) in [6, 6.07) is 9.22. The van der Waals surface area contributed by atoms with Gasteiger partial charge in [0.1, 0.15) is 5.75 Å². The van der Waals surface area contributed by atoms with Crippen molar-refractivity contribution < 1.29 is 9.53 Å². The molecule has 6 heteroatoms. The molecule has 1 saturated carbocycles. The van der Waals surface area contributed by atoms with E-state index in [-0.39, 0.29) is 11.5 Å². The van der Waals surface area contributed by atoms with E-state index >= 15 is 0 Å². The molecule has 1 aliphatic carbocycles. The van der Waals surface area contributed by atoms with Gasteiger partial charge in [0.25, 0.3) is 11.5 Å². The van der Waals surface area contributed by atoms with Crippen LogP contribution in [0.2, 0.25) is 0 Å². The van der Waals surface area contributed by atoms with Crippen molar-refractivity contribution in [2.75, 3.05) is 6.54 Å². The molecule has 1 aromatic carbocycles. The number of rotatable bonds is 7. The van der Waals surface area contributed by atoms with E-state index in [0.29, 0.717) is 24.8 Å². The average molecular weight is 355 g/mol. The third kappa shape index (κ3) is 4.71. The van der Waals surface area contributed by atoms with Crippen molar-refractivity contribution >= 4 is 5.91 Å². The predicted molar refractivity (Wildman–Crippen MR) is 99.5 cm³/mol. The summed E-state index contributed by atoms with van der Waals surface area (Å²) in [7, 11) is 0. The lowest BCUT2D eigenvalue weighted by atomic mass is 10.1. The first-order valence-corrected chi connectivity index (χ1v) is 9.03. The van der Waals surface area contributed by atoms with Gasteiger partial charge < -0.3 is 10.1 Å². The Morgan fingerprint density at radius 2 is 1.96 bits per heavy atom. The zero-order valence-corrected chi connectivity index (χ0v) is 15.5. The molecule has 0 spiro atoms. The summed E-state index contributed by atoms with van der Waals surface area (Å²) in [6.45, 7) is 6.38. The molecule has 1 unspecified atom stereocenters. The molecule has 1 atom stereocenters. The summed E-state index contributed by atoms with van der Waals surface area (Å²) in [5.41, 5.74) is 2.99. The van der Waals surface area contributed by atoms with E-state index < -0.39 is 6.10 Å². The Kier molecular flexibility index (Phi) is 5.40. The van der Waals surface area contributed by atoms with Crippen LogP contribution in [0.5, 0.6) is 5.75 Å². The Balaban J connectivity index is 1.52. The molecule has 6 nitrogen and oxygen atoms in total. The number of nitrogens with zero attached hydrogens (tertiary/aromatic N) is 2. The molecule has 0 saturated heterocycles. The Morgan fingerprint density at radius 1 is 1.27 bits per heavy atom. The molecule has 138 valence electrons. The predicted octanol–water partition coefficient (Wildman–Crippen LogP) is 2.32. The van der Waals surface area contributed by atoms with Gasteiger partial charge in [-0.3, -0.25) is 9.59 Å². The van der Waals surface area contributed by atoms with Crippen molar-refractivity contribution in [1.29, 1.82) is 0 Å². The Labute approximate surface area is 153 Å². The minimum atomic E-state index is -0.612. The lowest BCUT2D eigenvalue weighted by Gasteiger charge is -2.16. The lowest BCUT2D eigenvalue weighted by Crippen LogP contribution is -2.39. The van der Waals surface area contributed by atoms with Crippen LogP contribution in [0.15, 0.2) is 35.1 Å². The van der Waals surface area contributed by atoms with E-state index in [1.54, 1.807) is 19.1 Å². The minimum Gasteiger partial charge on any atom is -0.481 e. The largest absolute Gasteiger partial charge is 0.481 e. The van der Waals surface area contributed by atoms with Crippen molar-refractivity contribution in [3.8, 4) is 5.75 Å². The van der Waals surface area contributed by atoms with Gasteiger partial charge in [-0.05, 0) is 62.9 Å². The summed E-state index contributed by atoms with van der Waals surface area (Å²) in [5, 5.41) is 7.19. The number of aromatic nitrogens is 2. The fourth-order valence-corrected chi connectivity index (χ4v) is 2.91. The van der Waals surface area contributed by atoms with Crippen LogP contribution in [0.4, 0.5) is 0 Å². The second-order valence-corrected chi connectivity index (χ2v) is 6.97. The first kappa shape index (κ1) is 18.2. The number of carbonyl (C=O) groups is 1. The van der Waals surface area contributed by atoms with Gasteiger partial charge >= 0.3 is 0 Å². The molecule has 0 bridgehead atoms. The normalized spacial score (nSPS) is 14.7. The molecule has 1 heterocycles. The van der Waals surface area contributed by atoms with Gasteiger partial charge in [-0.15, -0.1) is 0 Å². The molecule has 0 aliphatic heterocycles. The van der Waals surface area contributed by atoms with E-state index in [4.69, 9.17) is 4.74 Å². The number of hydrogen-bond donors (Lipinski definition) is 1. The zero-order valence-electron chi connectivity index (χ0n) is 15.5. The van der Waals surface area contributed by atoms with Gasteiger partial charge in [0, 0.05) is 18.5 Å². The second-order valence-electron chi connectivity index (χ2n) is 6.97. The van der Waals surface area contributed by atoms with Gasteiger partial charge in [-0.2, -0.15) is 5.10 Å². The SMILES string of the molecule is Cc1cc(C)cc(OC(C)C(=O)NCCn2nc(C3CC3)ccc2=O)c1. The summed E-state index contributed by atoms with van der Waals surface area (Å²) in [4.78, 5) is 24.1. The van der Waals surface area contributed by atoms with Crippen LogP contribution in [0.1, 0.15) is 42.5 Å². The van der Waals surface area contributed by atoms with Crippen LogP contribution in [0, 0.1) is 13.8 Å². The van der Waals surface area contributed by atoms with Crippen LogP contribution in [-0.4, -0.2) is 28.3 Å². The third-order valence-corrected chi connectivity index (χ3v) is 4.38. The van der Waals surface area contributed by atoms with E-state index in [1.807, 2.05) is 26.0 Å². The highest BCUT2D eigenvalue weighted by Gasteiger charge is 2.25. The lowest BCUT2D eigenvalue weighted by molar-refractivity contribution is -0.127. The first-order chi connectivity index (χ1) is 12.4. The maximum atomic E-state index is 12.2. The average Bonchev–Trinajstić information content (AvgIpc) is 3.40. The summed E-state index contributed by atoms with van der Waals surface area (Å²) in [6.07, 6.45) is 1.66. The number of carbonyl (C=O) groups excluding carboxylic acids is 1. The van der Waals surface area contributed by atoms with Crippen molar-refractivity contribution in [2.45, 2.75) is 52.2 Å². The van der Waals surface area contributed by atoms with E-state index in [1.165, 1.54) is 4.68 Å². The highest BCUT2D eigenvalue weighted by molar-refractivity contribution is 5.80. The number of nitrogens with one attached hydrogen (secondary N) is 1.